The van der Waals surface area contributed by atoms with Gasteiger partial charge in [0.1, 0.15) is 12.4 Å². The van der Waals surface area contributed by atoms with E-state index in [0.717, 1.165) is 3.57 Å². The van der Waals surface area contributed by atoms with Crippen LogP contribution in [0, 0.1) is 13.7 Å². The van der Waals surface area contributed by atoms with Gasteiger partial charge in [0.2, 0.25) is 0 Å². The molecule has 98 valence electrons. The van der Waals surface area contributed by atoms with Crippen molar-refractivity contribution in [2.75, 3.05) is 0 Å². The number of halogens is 2. The lowest BCUT2D eigenvalue weighted by atomic mass is 10.2. The predicted molar refractivity (Wildman–Crippen MR) is 81.6 cm³/mol. The van der Waals surface area contributed by atoms with Crippen LogP contribution in [-0.2, 0) is 6.61 Å². The van der Waals surface area contributed by atoms with E-state index >= 15 is 0 Å². The molecule has 0 spiro atoms. The second-order valence-electron chi connectivity index (χ2n) is 3.77. The van der Waals surface area contributed by atoms with Crippen molar-refractivity contribution in [2.24, 2.45) is 0 Å². The van der Waals surface area contributed by atoms with Gasteiger partial charge in [0.05, 0.1) is 10.5 Å². The van der Waals surface area contributed by atoms with E-state index in [9.17, 15) is 10.1 Å². The van der Waals surface area contributed by atoms with Gasteiger partial charge in [-0.2, -0.15) is 0 Å². The van der Waals surface area contributed by atoms with Crippen molar-refractivity contribution in [3.63, 3.8) is 0 Å². The molecule has 0 saturated carbocycles. The van der Waals surface area contributed by atoms with Crippen LogP contribution in [0.25, 0.3) is 0 Å². The van der Waals surface area contributed by atoms with Crippen LogP contribution < -0.4 is 4.74 Å². The fraction of sp³-hybridized carbons (Fsp3) is 0.0769. The first-order valence-corrected chi connectivity index (χ1v) is 6.83. The quantitative estimate of drug-likeness (QED) is 0.441. The lowest BCUT2D eigenvalue weighted by Gasteiger charge is -2.07. The molecule has 0 amide bonds. The normalized spacial score (nSPS) is 10.2. The zero-order valence-corrected chi connectivity index (χ0v) is 12.6. The highest BCUT2D eigenvalue weighted by molar-refractivity contribution is 14.1. The predicted octanol–water partition coefficient (Wildman–Crippen LogP) is 4.43. The van der Waals surface area contributed by atoms with Crippen LogP contribution in [0.4, 0.5) is 5.69 Å². The number of ether oxygens (including phenoxy) is 1. The topological polar surface area (TPSA) is 52.4 Å². The first-order valence-electron chi connectivity index (χ1n) is 5.37. The second-order valence-corrected chi connectivity index (χ2v) is 5.45. The Kier molecular flexibility index (Phi) is 4.60. The lowest BCUT2D eigenvalue weighted by molar-refractivity contribution is -0.385. The minimum atomic E-state index is -0.442. The average Bonchev–Trinajstić information content (AvgIpc) is 2.38. The second kappa shape index (κ2) is 6.21. The van der Waals surface area contributed by atoms with Gasteiger partial charge < -0.3 is 4.74 Å². The van der Waals surface area contributed by atoms with E-state index in [4.69, 9.17) is 16.3 Å². The summed E-state index contributed by atoms with van der Waals surface area (Å²) in [6, 6.07) is 11.9. The minimum Gasteiger partial charge on any atom is -0.489 e. The molecule has 0 unspecified atom stereocenters. The van der Waals surface area contributed by atoms with E-state index in [0.29, 0.717) is 16.3 Å². The van der Waals surface area contributed by atoms with E-state index in [2.05, 4.69) is 22.6 Å². The molecule has 0 fully saturated rings. The fourth-order valence-corrected chi connectivity index (χ4v) is 2.09. The van der Waals surface area contributed by atoms with Gasteiger partial charge in [-0.3, -0.25) is 10.1 Å². The van der Waals surface area contributed by atoms with Crippen LogP contribution in [0.3, 0.4) is 0 Å². The van der Waals surface area contributed by atoms with Gasteiger partial charge in [-0.05, 0) is 59.0 Å². The molecular formula is C13H9ClINO3. The summed E-state index contributed by atoms with van der Waals surface area (Å²) < 4.78 is 6.62. The number of hydrogen-bond donors (Lipinski definition) is 0. The number of benzene rings is 2. The Morgan fingerprint density at radius 2 is 1.89 bits per heavy atom. The SMILES string of the molecule is O=[N+]([O-])c1ccc(Cl)cc1COc1ccc(I)cc1. The van der Waals surface area contributed by atoms with Crippen molar-refractivity contribution in [3.8, 4) is 5.75 Å². The van der Waals surface area contributed by atoms with Crippen LogP contribution >= 0.6 is 34.2 Å². The summed E-state index contributed by atoms with van der Waals surface area (Å²) >= 11 is 8.04. The fourth-order valence-electron chi connectivity index (χ4n) is 1.54. The monoisotopic (exact) mass is 389 g/mol. The molecule has 6 heteroatoms. The van der Waals surface area contributed by atoms with E-state index in [1.165, 1.54) is 12.1 Å². The standard InChI is InChI=1S/C13H9ClINO3/c14-10-1-6-13(16(17)18)9(7-10)8-19-12-4-2-11(15)3-5-12/h1-7H,8H2. The van der Waals surface area contributed by atoms with Gasteiger partial charge in [0.15, 0.2) is 0 Å². The molecule has 0 atom stereocenters. The van der Waals surface area contributed by atoms with Crippen molar-refractivity contribution in [3.05, 3.63) is 66.7 Å². The minimum absolute atomic E-state index is 0.00918. The van der Waals surface area contributed by atoms with Crippen LogP contribution in [0.1, 0.15) is 5.56 Å². The van der Waals surface area contributed by atoms with Crippen molar-refractivity contribution < 1.29 is 9.66 Å². The van der Waals surface area contributed by atoms with Crippen LogP contribution in [0.5, 0.6) is 5.75 Å². The van der Waals surface area contributed by atoms with E-state index in [-0.39, 0.29) is 12.3 Å². The molecule has 0 aromatic heterocycles. The lowest BCUT2D eigenvalue weighted by Crippen LogP contribution is -2.00. The van der Waals surface area contributed by atoms with E-state index in [1.54, 1.807) is 6.07 Å². The Hall–Kier alpha value is -1.34. The molecule has 0 aliphatic carbocycles. The number of nitro groups is 1. The largest absolute Gasteiger partial charge is 0.489 e. The highest BCUT2D eigenvalue weighted by atomic mass is 127. The molecule has 2 rings (SSSR count). The molecule has 0 saturated heterocycles. The Balaban J connectivity index is 2.16. The summed E-state index contributed by atoms with van der Waals surface area (Å²) in [6.07, 6.45) is 0. The molecule has 19 heavy (non-hydrogen) atoms. The van der Waals surface area contributed by atoms with Crippen LogP contribution in [0.2, 0.25) is 5.02 Å². The summed E-state index contributed by atoms with van der Waals surface area (Å²) in [5.74, 6) is 0.662. The maximum atomic E-state index is 10.9. The number of nitrogens with zero attached hydrogens (tertiary/aromatic N) is 1. The van der Waals surface area contributed by atoms with Crippen molar-refractivity contribution >= 4 is 39.9 Å². The summed E-state index contributed by atoms with van der Waals surface area (Å²) in [6.45, 7) is 0.109. The van der Waals surface area contributed by atoms with E-state index in [1.807, 2.05) is 24.3 Å². The number of rotatable bonds is 4. The Labute approximate surface area is 128 Å². The zero-order valence-electron chi connectivity index (χ0n) is 9.68. The van der Waals surface area contributed by atoms with Gasteiger partial charge in [0, 0.05) is 14.7 Å². The van der Waals surface area contributed by atoms with Crippen molar-refractivity contribution in [1.82, 2.24) is 0 Å². The average molecular weight is 390 g/mol. The summed E-state index contributed by atoms with van der Waals surface area (Å²) in [5.41, 5.74) is 0.464. The van der Waals surface area contributed by atoms with Crippen molar-refractivity contribution in [1.29, 1.82) is 0 Å². The number of hydrogen-bond acceptors (Lipinski definition) is 3. The van der Waals surface area contributed by atoms with Gasteiger partial charge in [-0.1, -0.05) is 11.6 Å². The third-order valence-corrected chi connectivity index (χ3v) is 3.40. The van der Waals surface area contributed by atoms with Crippen LogP contribution in [0.15, 0.2) is 42.5 Å². The third-order valence-electron chi connectivity index (χ3n) is 2.45. The molecule has 0 bridgehead atoms. The number of nitro benzene ring substituents is 1. The Bertz CT molecular complexity index is 601. The summed E-state index contributed by atoms with van der Waals surface area (Å²) in [5, 5.41) is 11.3. The van der Waals surface area contributed by atoms with Gasteiger partial charge >= 0.3 is 0 Å². The summed E-state index contributed by atoms with van der Waals surface area (Å²) in [7, 11) is 0. The molecule has 0 aliphatic rings. The Morgan fingerprint density at radius 1 is 1.21 bits per heavy atom. The third kappa shape index (κ3) is 3.81. The maximum absolute atomic E-state index is 10.9. The van der Waals surface area contributed by atoms with Gasteiger partial charge in [-0.25, -0.2) is 0 Å². The molecule has 2 aromatic carbocycles. The molecule has 2 aromatic rings. The maximum Gasteiger partial charge on any atom is 0.276 e. The molecular weight excluding hydrogens is 381 g/mol. The first-order chi connectivity index (χ1) is 9.06. The Morgan fingerprint density at radius 3 is 2.53 bits per heavy atom. The highest BCUT2D eigenvalue weighted by Crippen LogP contribution is 2.24. The zero-order chi connectivity index (χ0) is 13.8. The molecule has 4 nitrogen and oxygen atoms in total. The van der Waals surface area contributed by atoms with Gasteiger partial charge in [0.25, 0.3) is 5.69 Å². The summed E-state index contributed by atoms with van der Waals surface area (Å²) in [4.78, 5) is 10.5. The smallest absolute Gasteiger partial charge is 0.276 e. The highest BCUT2D eigenvalue weighted by Gasteiger charge is 2.14. The molecule has 0 radical (unpaired) electrons. The molecule has 0 N–H and O–H groups in total. The van der Waals surface area contributed by atoms with Gasteiger partial charge in [-0.15, -0.1) is 0 Å². The van der Waals surface area contributed by atoms with Crippen molar-refractivity contribution in [2.45, 2.75) is 6.61 Å². The van der Waals surface area contributed by atoms with Crippen LogP contribution in [-0.4, -0.2) is 4.92 Å². The molecule has 0 heterocycles. The first kappa shape index (κ1) is 14.1. The molecule has 0 aliphatic heterocycles. The van der Waals surface area contributed by atoms with E-state index < -0.39 is 4.92 Å².